The lowest BCUT2D eigenvalue weighted by atomic mass is 10.1. The van der Waals surface area contributed by atoms with Crippen molar-refractivity contribution in [2.75, 3.05) is 6.16 Å². The molecule has 0 atom stereocenters. The van der Waals surface area contributed by atoms with E-state index in [4.69, 9.17) is 5.11 Å². The van der Waals surface area contributed by atoms with Gasteiger partial charge in [0.05, 0.1) is 29.7 Å². The maximum absolute atomic E-state index is 10.5. The molecule has 2 nitrogen and oxygen atoms in total. The molecule has 0 saturated heterocycles. The van der Waals surface area contributed by atoms with E-state index in [1.165, 1.54) is 51.1 Å². The standard InChI is InChI=1S/C27H39O2P/c1-24(2)30(25-18-12-10-13-19-25,26-20-14-11-15-21-26)23-17-9-7-5-3-4-6-8-16-22-27(28)29/h10-15,18-21,24H,3-9,16-17,22-23H2,1-2H3/p+1. The molecule has 2 rings (SSSR count). The van der Waals surface area contributed by atoms with Gasteiger partial charge in [-0.3, -0.25) is 4.79 Å². The molecule has 30 heavy (non-hydrogen) atoms. The van der Waals surface area contributed by atoms with Crippen LogP contribution >= 0.6 is 7.26 Å². The average molecular weight is 428 g/mol. The van der Waals surface area contributed by atoms with E-state index in [1.54, 1.807) is 10.6 Å². The number of hydrogen-bond donors (Lipinski definition) is 1. The molecule has 2 aromatic rings. The van der Waals surface area contributed by atoms with E-state index in [2.05, 4.69) is 74.5 Å². The zero-order chi connectivity index (χ0) is 21.7. The lowest BCUT2D eigenvalue weighted by molar-refractivity contribution is -0.137. The Morgan fingerprint density at radius 2 is 1.10 bits per heavy atom. The molecule has 3 heteroatoms. The van der Waals surface area contributed by atoms with Crippen LogP contribution in [0.2, 0.25) is 0 Å². The van der Waals surface area contributed by atoms with E-state index in [0.717, 1.165) is 12.8 Å². The van der Waals surface area contributed by atoms with Crippen LogP contribution in [0.4, 0.5) is 0 Å². The summed E-state index contributed by atoms with van der Waals surface area (Å²) < 4.78 is 0. The number of benzene rings is 2. The molecule has 0 unspecified atom stereocenters. The van der Waals surface area contributed by atoms with Crippen molar-refractivity contribution in [1.29, 1.82) is 0 Å². The van der Waals surface area contributed by atoms with Gasteiger partial charge in [0, 0.05) is 6.42 Å². The van der Waals surface area contributed by atoms with Crippen LogP contribution in [0.25, 0.3) is 0 Å². The van der Waals surface area contributed by atoms with Crippen molar-refractivity contribution in [3.8, 4) is 0 Å². The monoisotopic (exact) mass is 427 g/mol. The summed E-state index contributed by atoms with van der Waals surface area (Å²) in [6.45, 7) is 4.83. The van der Waals surface area contributed by atoms with Gasteiger partial charge >= 0.3 is 5.97 Å². The highest BCUT2D eigenvalue weighted by molar-refractivity contribution is 7.90. The second-order valence-electron chi connectivity index (χ2n) is 8.68. The highest BCUT2D eigenvalue weighted by Crippen LogP contribution is 2.61. The van der Waals surface area contributed by atoms with Crippen LogP contribution in [0.15, 0.2) is 60.7 Å². The van der Waals surface area contributed by atoms with Crippen molar-refractivity contribution in [2.24, 2.45) is 0 Å². The molecule has 0 bridgehead atoms. The Balaban J connectivity index is 1.83. The number of rotatable bonds is 15. The minimum atomic E-state index is -1.40. The van der Waals surface area contributed by atoms with Crippen LogP contribution < -0.4 is 10.6 Å². The highest BCUT2D eigenvalue weighted by atomic mass is 31.2. The van der Waals surface area contributed by atoms with Gasteiger partial charge < -0.3 is 5.11 Å². The van der Waals surface area contributed by atoms with Crippen LogP contribution in [0, 0.1) is 0 Å². The Labute approximate surface area is 184 Å². The summed E-state index contributed by atoms with van der Waals surface area (Å²) in [7, 11) is -1.40. The molecule has 0 radical (unpaired) electrons. The van der Waals surface area contributed by atoms with Gasteiger partial charge in [-0.05, 0) is 57.4 Å². The first-order valence-electron chi connectivity index (χ1n) is 11.8. The first-order valence-corrected chi connectivity index (χ1v) is 13.8. The molecule has 0 spiro atoms. The van der Waals surface area contributed by atoms with Crippen molar-refractivity contribution >= 4 is 23.8 Å². The molecule has 2 aromatic carbocycles. The van der Waals surface area contributed by atoms with Crippen LogP contribution in [0.5, 0.6) is 0 Å². The summed E-state index contributed by atoms with van der Waals surface area (Å²) in [6, 6.07) is 22.5. The molecule has 0 amide bonds. The third kappa shape index (κ3) is 7.55. The second kappa shape index (κ2) is 13.6. The van der Waals surface area contributed by atoms with Gasteiger partial charge in [-0.15, -0.1) is 0 Å². The van der Waals surface area contributed by atoms with Crippen molar-refractivity contribution < 1.29 is 9.90 Å². The lowest BCUT2D eigenvalue weighted by Gasteiger charge is -2.31. The first kappa shape index (κ1) is 24.6. The van der Waals surface area contributed by atoms with Crippen molar-refractivity contribution in [2.45, 2.75) is 83.7 Å². The fourth-order valence-corrected chi connectivity index (χ4v) is 9.18. The van der Waals surface area contributed by atoms with Crippen LogP contribution in [-0.4, -0.2) is 22.9 Å². The molecule has 0 heterocycles. The van der Waals surface area contributed by atoms with E-state index in [1.807, 2.05) is 0 Å². The zero-order valence-electron chi connectivity index (χ0n) is 18.9. The molecule has 0 saturated carbocycles. The number of carbonyl (C=O) groups is 1. The molecule has 0 fully saturated rings. The molecule has 164 valence electrons. The molecule has 0 aromatic heterocycles. The topological polar surface area (TPSA) is 37.3 Å². The molecule has 0 aliphatic carbocycles. The van der Waals surface area contributed by atoms with Crippen molar-refractivity contribution in [3.05, 3.63) is 60.7 Å². The maximum atomic E-state index is 10.5. The first-order chi connectivity index (χ1) is 14.6. The minimum absolute atomic E-state index is 0.323. The largest absolute Gasteiger partial charge is 0.481 e. The third-order valence-electron chi connectivity index (χ3n) is 6.22. The highest BCUT2D eigenvalue weighted by Gasteiger charge is 2.45. The molecule has 0 aliphatic heterocycles. The Hall–Kier alpha value is -1.66. The van der Waals surface area contributed by atoms with Gasteiger partial charge in [-0.1, -0.05) is 74.9 Å². The second-order valence-corrected chi connectivity index (χ2v) is 12.9. The Bertz CT molecular complexity index is 673. The Morgan fingerprint density at radius 1 is 0.700 bits per heavy atom. The Morgan fingerprint density at radius 3 is 1.50 bits per heavy atom. The van der Waals surface area contributed by atoms with Gasteiger partial charge in [0.2, 0.25) is 0 Å². The summed E-state index contributed by atoms with van der Waals surface area (Å²) in [6.07, 6.45) is 12.5. The number of carboxylic acid groups (broad SMARTS) is 1. The maximum Gasteiger partial charge on any atom is 0.303 e. The van der Waals surface area contributed by atoms with Gasteiger partial charge in [0.15, 0.2) is 0 Å². The number of carboxylic acids is 1. The van der Waals surface area contributed by atoms with Crippen LogP contribution in [-0.2, 0) is 4.79 Å². The van der Waals surface area contributed by atoms with Gasteiger partial charge in [0.1, 0.15) is 0 Å². The predicted octanol–water partition coefficient (Wildman–Crippen LogP) is 7.05. The van der Waals surface area contributed by atoms with Gasteiger partial charge in [-0.25, -0.2) is 0 Å². The Kier molecular flexibility index (Phi) is 11.2. The normalized spacial score (nSPS) is 11.7. The van der Waals surface area contributed by atoms with Crippen LogP contribution in [0.3, 0.4) is 0 Å². The average Bonchev–Trinajstić information content (AvgIpc) is 2.75. The fourth-order valence-electron chi connectivity index (χ4n) is 4.52. The molecule has 1 N–H and O–H groups in total. The van der Waals surface area contributed by atoms with Gasteiger partial charge in [-0.2, -0.15) is 0 Å². The molecular weight excluding hydrogens is 387 g/mol. The molecule has 0 aliphatic rings. The number of hydrogen-bond acceptors (Lipinski definition) is 1. The van der Waals surface area contributed by atoms with E-state index < -0.39 is 13.2 Å². The summed E-state index contributed by atoms with van der Waals surface area (Å²) in [4.78, 5) is 10.5. The van der Waals surface area contributed by atoms with E-state index in [9.17, 15) is 4.79 Å². The SMILES string of the molecule is CC(C)[P+](CCCCCCCCCCCC(=O)O)(c1ccccc1)c1ccccc1. The predicted molar refractivity (Wildman–Crippen MR) is 133 cm³/mol. The fraction of sp³-hybridized carbons (Fsp3) is 0.519. The van der Waals surface area contributed by atoms with Crippen molar-refractivity contribution in [1.82, 2.24) is 0 Å². The summed E-state index contributed by atoms with van der Waals surface area (Å²) in [5.74, 6) is -0.665. The summed E-state index contributed by atoms with van der Waals surface area (Å²) in [5.41, 5.74) is 0.646. The number of unbranched alkanes of at least 4 members (excludes halogenated alkanes) is 8. The number of aliphatic carboxylic acids is 1. The summed E-state index contributed by atoms with van der Waals surface area (Å²) >= 11 is 0. The molecular formula is C27H40O2P+. The van der Waals surface area contributed by atoms with Gasteiger partial charge in [0.25, 0.3) is 0 Å². The third-order valence-corrected chi connectivity index (χ3v) is 11.4. The van der Waals surface area contributed by atoms with Crippen LogP contribution in [0.1, 0.15) is 78.1 Å². The zero-order valence-corrected chi connectivity index (χ0v) is 19.8. The lowest BCUT2D eigenvalue weighted by Crippen LogP contribution is -2.31. The smallest absolute Gasteiger partial charge is 0.303 e. The summed E-state index contributed by atoms with van der Waals surface area (Å²) in [5, 5.41) is 11.8. The van der Waals surface area contributed by atoms with E-state index >= 15 is 0 Å². The minimum Gasteiger partial charge on any atom is -0.481 e. The van der Waals surface area contributed by atoms with E-state index in [0.29, 0.717) is 12.1 Å². The van der Waals surface area contributed by atoms with E-state index in [-0.39, 0.29) is 0 Å². The van der Waals surface area contributed by atoms with Crippen molar-refractivity contribution in [3.63, 3.8) is 0 Å². The quantitative estimate of drug-likeness (QED) is 0.244.